The maximum atomic E-state index is 14.0. The topological polar surface area (TPSA) is 79.1 Å². The minimum Gasteiger partial charge on any atom is -0.493 e. The molecule has 0 saturated carbocycles. The van der Waals surface area contributed by atoms with Crippen LogP contribution in [-0.2, 0) is 16.1 Å². The zero-order valence-corrected chi connectivity index (χ0v) is 23.7. The van der Waals surface area contributed by atoms with Gasteiger partial charge >= 0.3 is 5.97 Å². The van der Waals surface area contributed by atoms with E-state index in [0.29, 0.717) is 44.3 Å². The number of benzene rings is 3. The highest BCUT2D eigenvalue weighted by Crippen LogP contribution is 2.33. The van der Waals surface area contributed by atoms with E-state index >= 15 is 0 Å². The molecule has 1 aromatic heterocycles. The van der Waals surface area contributed by atoms with Gasteiger partial charge in [0.2, 0.25) is 0 Å². The normalized spacial score (nSPS) is 14.9. The molecule has 40 heavy (non-hydrogen) atoms. The molecule has 2 heterocycles. The van der Waals surface area contributed by atoms with E-state index in [1.54, 1.807) is 31.6 Å². The number of ether oxygens (including phenoxy) is 3. The van der Waals surface area contributed by atoms with Crippen molar-refractivity contribution in [1.82, 2.24) is 4.57 Å². The van der Waals surface area contributed by atoms with Crippen LogP contribution in [0.3, 0.4) is 0 Å². The average Bonchev–Trinajstić information content (AvgIpc) is 3.26. The number of thiazole rings is 1. The third kappa shape index (κ3) is 5.35. The molecule has 0 bridgehead atoms. The van der Waals surface area contributed by atoms with Crippen molar-refractivity contribution in [1.29, 1.82) is 0 Å². The highest BCUT2D eigenvalue weighted by Gasteiger charge is 2.33. The summed E-state index contributed by atoms with van der Waals surface area (Å²) in [4.78, 5) is 32.3. The molecule has 204 valence electrons. The molecule has 0 aliphatic carbocycles. The highest BCUT2D eigenvalue weighted by molar-refractivity contribution is 7.07. The van der Waals surface area contributed by atoms with E-state index < -0.39 is 12.0 Å². The van der Waals surface area contributed by atoms with Gasteiger partial charge in [-0.15, -0.1) is 0 Å². The van der Waals surface area contributed by atoms with Gasteiger partial charge in [0.05, 0.1) is 35.6 Å². The Hall–Kier alpha value is -4.43. The van der Waals surface area contributed by atoms with E-state index in [2.05, 4.69) is 4.99 Å². The fourth-order valence-corrected chi connectivity index (χ4v) is 5.73. The molecule has 0 N–H and O–H groups in total. The Bertz CT molecular complexity index is 1750. The van der Waals surface area contributed by atoms with Gasteiger partial charge in [-0.2, -0.15) is 0 Å². The number of carbonyl (C=O) groups excluding carboxylic acids is 1. The largest absolute Gasteiger partial charge is 0.493 e. The second-order valence-electron chi connectivity index (χ2n) is 9.37. The Kier molecular flexibility index (Phi) is 7.98. The molecule has 1 atom stereocenters. The number of fused-ring (bicyclic) bond motifs is 1. The van der Waals surface area contributed by atoms with Gasteiger partial charge in [0.25, 0.3) is 5.56 Å². The molecule has 3 aromatic carbocycles. The molecule has 5 rings (SSSR count). The lowest BCUT2D eigenvalue weighted by molar-refractivity contribution is -0.139. The van der Waals surface area contributed by atoms with Crippen molar-refractivity contribution in [2.45, 2.75) is 33.4 Å². The van der Waals surface area contributed by atoms with Crippen LogP contribution >= 0.6 is 11.3 Å². The van der Waals surface area contributed by atoms with Crippen molar-refractivity contribution in [3.8, 4) is 11.5 Å². The van der Waals surface area contributed by atoms with Crippen molar-refractivity contribution in [2.75, 3.05) is 13.7 Å². The Balaban J connectivity index is 1.64. The van der Waals surface area contributed by atoms with Crippen molar-refractivity contribution in [3.05, 3.63) is 126 Å². The molecule has 0 amide bonds. The number of methoxy groups -OCH3 is 1. The average molecular weight is 555 g/mol. The van der Waals surface area contributed by atoms with Gasteiger partial charge in [-0.05, 0) is 44.0 Å². The van der Waals surface area contributed by atoms with Crippen LogP contribution in [0.2, 0.25) is 0 Å². The third-order valence-corrected chi connectivity index (χ3v) is 7.63. The summed E-state index contributed by atoms with van der Waals surface area (Å²) < 4.78 is 19.2. The molecular formula is C32H30N2O5S. The number of aryl methyl sites for hydroxylation is 1. The SMILES string of the molecule is CCOC(=O)C1=C(C)N=c2s/c(=C\c3cccc(OC)c3OCc3ccccc3)c(=O)n2[C@@H]1c1ccc(C)cc1. The Morgan fingerprint density at radius 3 is 2.48 bits per heavy atom. The fraction of sp³-hybridized carbons (Fsp3) is 0.219. The molecule has 0 unspecified atom stereocenters. The predicted octanol–water partition coefficient (Wildman–Crippen LogP) is 4.69. The van der Waals surface area contributed by atoms with Crippen LogP contribution < -0.4 is 24.4 Å². The number of hydrogen-bond acceptors (Lipinski definition) is 7. The van der Waals surface area contributed by atoms with Crippen molar-refractivity contribution >= 4 is 23.4 Å². The van der Waals surface area contributed by atoms with Crippen LogP contribution in [0.1, 0.15) is 42.1 Å². The summed E-state index contributed by atoms with van der Waals surface area (Å²) in [6.45, 7) is 6.10. The third-order valence-electron chi connectivity index (χ3n) is 6.65. The van der Waals surface area contributed by atoms with Crippen LogP contribution in [0.5, 0.6) is 11.5 Å². The van der Waals surface area contributed by atoms with Crippen LogP contribution in [-0.4, -0.2) is 24.3 Å². The van der Waals surface area contributed by atoms with E-state index in [0.717, 1.165) is 16.7 Å². The standard InChI is InChI=1S/C32H30N2O5S/c1-5-38-31(36)27-21(3)33-32-34(28(27)23-16-14-20(2)15-17-23)30(35)26(40-32)18-24-12-9-13-25(37-4)29(24)39-19-22-10-7-6-8-11-22/h6-18,28H,5,19H2,1-4H3/b26-18-/t28-/m1/s1. The first-order chi connectivity index (χ1) is 19.4. The van der Waals surface area contributed by atoms with Gasteiger partial charge in [0, 0.05) is 5.56 Å². The first kappa shape index (κ1) is 27.1. The van der Waals surface area contributed by atoms with E-state index in [1.165, 1.54) is 11.3 Å². The summed E-state index contributed by atoms with van der Waals surface area (Å²) >= 11 is 1.27. The smallest absolute Gasteiger partial charge is 0.338 e. The Morgan fingerprint density at radius 2 is 1.77 bits per heavy atom. The molecular weight excluding hydrogens is 524 g/mol. The number of carbonyl (C=O) groups is 1. The van der Waals surface area contributed by atoms with Gasteiger partial charge in [-0.3, -0.25) is 9.36 Å². The molecule has 7 nitrogen and oxygen atoms in total. The molecule has 0 fully saturated rings. The van der Waals surface area contributed by atoms with E-state index in [9.17, 15) is 9.59 Å². The van der Waals surface area contributed by atoms with Gasteiger partial charge in [-0.25, -0.2) is 9.79 Å². The number of rotatable bonds is 8. The van der Waals surface area contributed by atoms with Gasteiger partial charge < -0.3 is 14.2 Å². The maximum Gasteiger partial charge on any atom is 0.338 e. The lowest BCUT2D eigenvalue weighted by Crippen LogP contribution is -2.39. The van der Waals surface area contributed by atoms with Gasteiger partial charge in [0.1, 0.15) is 6.61 Å². The van der Waals surface area contributed by atoms with Crippen LogP contribution in [0.4, 0.5) is 0 Å². The molecule has 8 heteroatoms. The molecule has 0 spiro atoms. The molecule has 0 radical (unpaired) electrons. The second kappa shape index (κ2) is 11.8. The minimum absolute atomic E-state index is 0.224. The number of aromatic nitrogens is 1. The molecule has 1 aliphatic rings. The zero-order chi connectivity index (χ0) is 28.2. The summed E-state index contributed by atoms with van der Waals surface area (Å²) in [6.07, 6.45) is 1.79. The van der Waals surface area contributed by atoms with Crippen LogP contribution in [0, 0.1) is 6.92 Å². The first-order valence-electron chi connectivity index (χ1n) is 13.0. The lowest BCUT2D eigenvalue weighted by Gasteiger charge is -2.24. The Morgan fingerprint density at radius 1 is 1.02 bits per heavy atom. The van der Waals surface area contributed by atoms with E-state index in [4.69, 9.17) is 14.2 Å². The summed E-state index contributed by atoms with van der Waals surface area (Å²) in [5, 5.41) is 0. The molecule has 4 aromatic rings. The quantitative estimate of drug-likeness (QED) is 0.295. The lowest BCUT2D eigenvalue weighted by atomic mass is 9.95. The monoisotopic (exact) mass is 554 g/mol. The Labute approximate surface area is 236 Å². The summed E-state index contributed by atoms with van der Waals surface area (Å²) in [5.41, 5.74) is 4.25. The summed E-state index contributed by atoms with van der Waals surface area (Å²) in [5.74, 6) is 0.626. The second-order valence-corrected chi connectivity index (χ2v) is 10.4. The fourth-order valence-electron chi connectivity index (χ4n) is 4.69. The van der Waals surface area contributed by atoms with Gasteiger partial charge in [0.15, 0.2) is 16.3 Å². The van der Waals surface area contributed by atoms with Crippen molar-refractivity contribution in [2.24, 2.45) is 4.99 Å². The highest BCUT2D eigenvalue weighted by atomic mass is 32.1. The number of allylic oxidation sites excluding steroid dienone is 1. The van der Waals surface area contributed by atoms with Crippen LogP contribution in [0.25, 0.3) is 6.08 Å². The maximum absolute atomic E-state index is 14.0. The van der Waals surface area contributed by atoms with E-state index in [-0.39, 0.29) is 12.2 Å². The van der Waals surface area contributed by atoms with Crippen molar-refractivity contribution in [3.63, 3.8) is 0 Å². The molecule has 1 aliphatic heterocycles. The number of para-hydroxylation sites is 1. The first-order valence-corrected chi connectivity index (χ1v) is 13.8. The number of esters is 1. The van der Waals surface area contributed by atoms with Gasteiger partial charge in [-0.1, -0.05) is 83.6 Å². The summed E-state index contributed by atoms with van der Waals surface area (Å²) in [6, 6.07) is 22.6. The number of nitrogens with zero attached hydrogens (tertiary/aromatic N) is 2. The summed E-state index contributed by atoms with van der Waals surface area (Å²) in [7, 11) is 1.59. The van der Waals surface area contributed by atoms with Crippen molar-refractivity contribution < 1.29 is 19.0 Å². The molecule has 0 saturated heterocycles. The van der Waals surface area contributed by atoms with E-state index in [1.807, 2.05) is 79.7 Å². The number of hydrogen-bond donors (Lipinski definition) is 0. The predicted molar refractivity (Wildman–Crippen MR) is 155 cm³/mol. The minimum atomic E-state index is -0.655. The zero-order valence-electron chi connectivity index (χ0n) is 22.8. The van der Waals surface area contributed by atoms with Crippen LogP contribution in [0.15, 0.2) is 93.9 Å².